The number of nitrogens with two attached hydrogens (primary N) is 2. The molecule has 1 amide bonds. The quantitative estimate of drug-likeness (QED) is 0.171. The van der Waals surface area contributed by atoms with Gasteiger partial charge in [-0.1, -0.05) is 18.2 Å². The molecule has 0 bridgehead atoms. The van der Waals surface area contributed by atoms with E-state index in [1.165, 1.54) is 11.0 Å². The number of alkyl halides is 4. The van der Waals surface area contributed by atoms with Crippen molar-refractivity contribution in [1.82, 2.24) is 9.88 Å². The molecular weight excluding hydrogens is 498 g/mol. The molecule has 3 aromatic rings. The van der Waals surface area contributed by atoms with Gasteiger partial charge in [0.25, 0.3) is 11.8 Å². The zero-order valence-electron chi connectivity index (χ0n) is 19.6. The molecule has 1 unspecified atom stereocenters. The molecule has 0 spiro atoms. The molecule has 13 heteroatoms. The van der Waals surface area contributed by atoms with Crippen LogP contribution in [0.15, 0.2) is 54.6 Å². The van der Waals surface area contributed by atoms with Gasteiger partial charge in [-0.25, -0.2) is 18.6 Å². The number of aliphatic carboxylic acids is 1. The highest BCUT2D eigenvalue weighted by molar-refractivity contribution is 5.96. The van der Waals surface area contributed by atoms with Gasteiger partial charge in [-0.15, -0.1) is 0 Å². The number of fused-ring (bicyclic) bond motifs is 1. The minimum Gasteiger partial charge on any atom is -0.477 e. The van der Waals surface area contributed by atoms with E-state index < -0.39 is 36.2 Å². The Bertz CT molecular complexity index is 1290. The van der Waals surface area contributed by atoms with Crippen molar-refractivity contribution in [1.29, 1.82) is 0 Å². The topological polar surface area (TPSA) is 144 Å². The lowest BCUT2D eigenvalue weighted by Gasteiger charge is -2.38. The van der Waals surface area contributed by atoms with Crippen LogP contribution in [0.1, 0.15) is 23.7 Å². The number of carboxylic acids is 1. The predicted molar refractivity (Wildman–Crippen MR) is 129 cm³/mol. The molecule has 198 valence electrons. The van der Waals surface area contributed by atoms with E-state index in [0.717, 1.165) is 5.39 Å². The molecular formula is C24H25F4N5O4. The van der Waals surface area contributed by atoms with Gasteiger partial charge in [0, 0.05) is 36.9 Å². The summed E-state index contributed by atoms with van der Waals surface area (Å²) in [5.74, 6) is -3.73. The largest absolute Gasteiger partial charge is 0.477 e. The number of nitrogens with zero attached hydrogens (tertiary/aromatic N) is 2. The number of pyridine rings is 1. The average Bonchev–Trinajstić information content (AvgIpc) is 2.84. The number of nitrogens with one attached hydrogen (secondary N) is 1. The summed E-state index contributed by atoms with van der Waals surface area (Å²) in [6, 6.07) is 15.2. The predicted octanol–water partition coefficient (Wildman–Crippen LogP) is 3.76. The van der Waals surface area contributed by atoms with E-state index in [2.05, 4.69) is 10.4 Å². The average molecular weight is 523 g/mol. The summed E-state index contributed by atoms with van der Waals surface area (Å²) in [5, 5.41) is 8.38. The summed E-state index contributed by atoms with van der Waals surface area (Å²) in [6.07, 6.45) is -2.01. The lowest BCUT2D eigenvalue weighted by Crippen LogP contribution is -2.55. The van der Waals surface area contributed by atoms with Crippen LogP contribution < -0.4 is 21.7 Å². The Kier molecular flexibility index (Phi) is 8.06. The van der Waals surface area contributed by atoms with E-state index in [-0.39, 0.29) is 19.0 Å². The third-order valence-electron chi connectivity index (χ3n) is 5.52. The number of rotatable bonds is 5. The summed E-state index contributed by atoms with van der Waals surface area (Å²) in [7, 11) is 0. The van der Waals surface area contributed by atoms with E-state index in [1.807, 2.05) is 18.2 Å². The molecule has 1 aliphatic heterocycles. The Balaban J connectivity index is 0.000000479. The molecule has 9 nitrogen and oxygen atoms in total. The van der Waals surface area contributed by atoms with Crippen molar-refractivity contribution in [3.05, 3.63) is 60.2 Å². The van der Waals surface area contributed by atoms with Crippen LogP contribution in [0, 0.1) is 0 Å². The van der Waals surface area contributed by atoms with Crippen LogP contribution in [0.5, 0.6) is 5.88 Å². The summed E-state index contributed by atoms with van der Waals surface area (Å²) in [6.45, 7) is -0.0277. The highest BCUT2D eigenvalue weighted by atomic mass is 19.3. The maximum Gasteiger partial charge on any atom is 0.374 e. The molecule has 4 rings (SSSR count). The Morgan fingerprint density at radius 2 is 1.86 bits per heavy atom. The molecule has 0 saturated carbocycles. The second kappa shape index (κ2) is 10.9. The maximum atomic E-state index is 14.5. The van der Waals surface area contributed by atoms with Crippen LogP contribution in [0.2, 0.25) is 0 Å². The molecule has 1 atom stereocenters. The number of anilines is 2. The fourth-order valence-electron chi connectivity index (χ4n) is 3.45. The van der Waals surface area contributed by atoms with Crippen molar-refractivity contribution in [3.63, 3.8) is 0 Å². The van der Waals surface area contributed by atoms with Crippen LogP contribution in [-0.2, 0) is 4.79 Å². The number of amides is 1. The molecule has 2 heterocycles. The SMILES string of the molecule is CC(F)(F)C(=O)O.NNc1ccc(C(=O)N2CCC(F)(F)C(Oc3ccc4ccccc4n3)C2)cc1N. The van der Waals surface area contributed by atoms with Crippen LogP contribution in [0.25, 0.3) is 10.9 Å². The first-order chi connectivity index (χ1) is 17.3. The van der Waals surface area contributed by atoms with Gasteiger partial charge in [0.2, 0.25) is 5.88 Å². The van der Waals surface area contributed by atoms with Gasteiger partial charge < -0.3 is 25.9 Å². The van der Waals surface area contributed by atoms with Crippen LogP contribution in [0.4, 0.5) is 28.9 Å². The molecule has 37 heavy (non-hydrogen) atoms. The number of ether oxygens (including phenoxy) is 1. The summed E-state index contributed by atoms with van der Waals surface area (Å²) in [4.78, 5) is 27.7. The number of para-hydroxylation sites is 1. The fourth-order valence-corrected chi connectivity index (χ4v) is 3.45. The van der Waals surface area contributed by atoms with E-state index >= 15 is 0 Å². The van der Waals surface area contributed by atoms with Gasteiger partial charge in [0.1, 0.15) is 0 Å². The summed E-state index contributed by atoms with van der Waals surface area (Å²) >= 11 is 0. The first-order valence-electron chi connectivity index (χ1n) is 11.0. The molecule has 1 aromatic heterocycles. The van der Waals surface area contributed by atoms with Crippen LogP contribution in [-0.4, -0.2) is 57.9 Å². The first kappa shape index (κ1) is 27.5. The molecule has 1 saturated heterocycles. The van der Waals surface area contributed by atoms with Gasteiger partial charge >= 0.3 is 11.9 Å². The van der Waals surface area contributed by atoms with E-state index in [9.17, 15) is 27.2 Å². The standard InChI is InChI=1S/C21H21F2N5O2.C3H4F2O2/c22-21(23)9-10-28(20(29)14-5-7-17(27-25)15(24)11-14)12-18(21)30-19-8-6-13-3-1-2-4-16(13)26-19;1-3(4,5)2(6)7/h1-8,11,18,27H,9-10,12,24-25H2;1H3,(H,6,7). The number of carbonyl (C=O) groups excluding carboxylic acids is 1. The zero-order chi connectivity index (χ0) is 27.4. The lowest BCUT2D eigenvalue weighted by atomic mass is 10.0. The number of hydrazine groups is 1. The normalized spacial score (nSPS) is 16.9. The van der Waals surface area contributed by atoms with Gasteiger partial charge in [-0.05, 0) is 30.3 Å². The molecule has 2 aromatic carbocycles. The van der Waals surface area contributed by atoms with Gasteiger partial charge in [-0.3, -0.25) is 10.6 Å². The van der Waals surface area contributed by atoms with Crippen LogP contribution in [0.3, 0.4) is 0 Å². The minimum atomic E-state index is -3.58. The monoisotopic (exact) mass is 523 g/mol. The van der Waals surface area contributed by atoms with Crippen molar-refractivity contribution >= 4 is 34.2 Å². The Morgan fingerprint density at radius 3 is 2.49 bits per heavy atom. The summed E-state index contributed by atoms with van der Waals surface area (Å²) < 4.78 is 57.1. The number of hydrogen-bond acceptors (Lipinski definition) is 7. The van der Waals surface area contributed by atoms with Gasteiger partial charge in [-0.2, -0.15) is 8.78 Å². The van der Waals surface area contributed by atoms with E-state index in [0.29, 0.717) is 29.4 Å². The van der Waals surface area contributed by atoms with Crippen molar-refractivity contribution < 1.29 is 37.0 Å². The first-order valence-corrected chi connectivity index (χ1v) is 11.0. The van der Waals surface area contributed by atoms with Gasteiger partial charge in [0.15, 0.2) is 6.10 Å². The summed E-state index contributed by atoms with van der Waals surface area (Å²) in [5.41, 5.74) is 9.97. The van der Waals surface area contributed by atoms with Crippen molar-refractivity contribution in [2.75, 3.05) is 24.2 Å². The fraction of sp³-hybridized carbons (Fsp3) is 0.292. The minimum absolute atomic E-state index is 0.0896. The number of piperidine rings is 1. The number of halogens is 4. The lowest BCUT2D eigenvalue weighted by molar-refractivity contribution is -0.161. The number of carboxylic acid groups (broad SMARTS) is 1. The number of aromatic nitrogens is 1. The van der Waals surface area contributed by atoms with E-state index in [1.54, 1.807) is 30.3 Å². The number of carbonyl (C=O) groups is 2. The highest BCUT2D eigenvalue weighted by Gasteiger charge is 2.47. The van der Waals surface area contributed by atoms with Crippen molar-refractivity contribution in [2.24, 2.45) is 5.84 Å². The molecule has 6 N–H and O–H groups in total. The Labute approximate surface area is 209 Å². The molecule has 1 aliphatic rings. The highest BCUT2D eigenvalue weighted by Crippen LogP contribution is 2.32. The number of benzene rings is 2. The molecule has 1 fully saturated rings. The van der Waals surface area contributed by atoms with Crippen LogP contribution >= 0.6 is 0 Å². The smallest absolute Gasteiger partial charge is 0.374 e. The third kappa shape index (κ3) is 6.76. The number of hydrogen-bond donors (Lipinski definition) is 4. The van der Waals surface area contributed by atoms with E-state index in [4.69, 9.17) is 21.4 Å². The van der Waals surface area contributed by atoms with Crippen molar-refractivity contribution in [2.45, 2.75) is 31.3 Å². The Hall–Kier alpha value is -4.13. The molecule has 0 radical (unpaired) electrons. The number of nitrogen functional groups attached to an aromatic ring is 2. The van der Waals surface area contributed by atoms with Gasteiger partial charge in [0.05, 0.1) is 23.4 Å². The maximum absolute atomic E-state index is 14.5. The third-order valence-corrected chi connectivity index (χ3v) is 5.52. The molecule has 0 aliphatic carbocycles. The van der Waals surface area contributed by atoms with Crippen molar-refractivity contribution in [3.8, 4) is 5.88 Å². The second-order valence-corrected chi connectivity index (χ2v) is 8.35. The zero-order valence-corrected chi connectivity index (χ0v) is 19.6. The Morgan fingerprint density at radius 1 is 1.19 bits per heavy atom. The number of likely N-dealkylation sites (tertiary alicyclic amines) is 1. The second-order valence-electron chi connectivity index (χ2n) is 8.35.